The molecule has 0 radical (unpaired) electrons. The van der Waals surface area contributed by atoms with Gasteiger partial charge in [0.2, 0.25) is 0 Å². The molecule has 0 amide bonds. The van der Waals surface area contributed by atoms with E-state index in [4.69, 9.17) is 9.47 Å². The Kier molecular flexibility index (Phi) is 12.0. The van der Waals surface area contributed by atoms with E-state index in [-0.39, 0.29) is 17.5 Å². The van der Waals surface area contributed by atoms with E-state index in [0.29, 0.717) is 29.0 Å². The van der Waals surface area contributed by atoms with Crippen molar-refractivity contribution in [1.29, 1.82) is 0 Å². The summed E-state index contributed by atoms with van der Waals surface area (Å²) in [6, 6.07) is 9.07. The second-order valence-corrected chi connectivity index (χ2v) is 8.50. The molecule has 0 saturated carbocycles. The van der Waals surface area contributed by atoms with Gasteiger partial charge in [-0.15, -0.1) is 0 Å². The van der Waals surface area contributed by atoms with Crippen LogP contribution in [0.1, 0.15) is 88.4 Å². The molecule has 0 aliphatic carbocycles. The van der Waals surface area contributed by atoms with Crippen molar-refractivity contribution in [1.82, 2.24) is 0 Å². The first-order valence-electron chi connectivity index (χ1n) is 12.2. The van der Waals surface area contributed by atoms with Crippen LogP contribution >= 0.6 is 0 Å². The summed E-state index contributed by atoms with van der Waals surface area (Å²) in [4.78, 5) is 12.2. The SMILES string of the molecule is CCCCCCCCCCCC(=O)Oc1ccc(C(O)C=Cc2ccc(O)cc2O)c(OC)c1. The molecule has 0 aliphatic heterocycles. The topological polar surface area (TPSA) is 96.2 Å². The largest absolute Gasteiger partial charge is 0.508 e. The van der Waals surface area contributed by atoms with Crippen LogP contribution in [-0.4, -0.2) is 28.4 Å². The maximum atomic E-state index is 12.2. The monoisotopic (exact) mass is 470 g/mol. The molecule has 2 aromatic carbocycles. The van der Waals surface area contributed by atoms with Crippen LogP contribution in [0.15, 0.2) is 42.5 Å². The molecular weight excluding hydrogens is 432 g/mol. The van der Waals surface area contributed by atoms with Crippen molar-refractivity contribution in [2.75, 3.05) is 7.11 Å². The molecule has 6 nitrogen and oxygen atoms in total. The number of ether oxygens (including phenoxy) is 2. The lowest BCUT2D eigenvalue weighted by atomic mass is 10.1. The predicted octanol–water partition coefficient (Wildman–Crippen LogP) is 6.68. The lowest BCUT2D eigenvalue weighted by molar-refractivity contribution is -0.134. The van der Waals surface area contributed by atoms with Gasteiger partial charge in [-0.25, -0.2) is 0 Å². The third-order valence-corrected chi connectivity index (χ3v) is 5.71. The van der Waals surface area contributed by atoms with Crippen molar-refractivity contribution >= 4 is 12.0 Å². The number of unbranched alkanes of at least 4 members (excludes halogenated alkanes) is 8. The molecule has 0 spiro atoms. The van der Waals surface area contributed by atoms with Crippen molar-refractivity contribution in [3.63, 3.8) is 0 Å². The molecule has 0 saturated heterocycles. The highest BCUT2D eigenvalue weighted by Crippen LogP contribution is 2.32. The fourth-order valence-corrected chi connectivity index (χ4v) is 3.73. The number of rotatable bonds is 15. The van der Waals surface area contributed by atoms with Crippen LogP contribution in [0.2, 0.25) is 0 Å². The van der Waals surface area contributed by atoms with Crippen molar-refractivity contribution < 1.29 is 29.6 Å². The molecule has 1 unspecified atom stereocenters. The van der Waals surface area contributed by atoms with E-state index in [1.54, 1.807) is 30.3 Å². The molecule has 0 bridgehead atoms. The predicted molar refractivity (Wildman–Crippen MR) is 134 cm³/mol. The van der Waals surface area contributed by atoms with Gasteiger partial charge in [-0.2, -0.15) is 0 Å². The highest BCUT2D eigenvalue weighted by atomic mass is 16.5. The standard InChI is InChI=1S/C28H38O6/c1-3-4-5-6-7-8-9-10-11-12-28(32)34-23-16-17-24(27(20-23)33-2)25(30)18-14-21-13-15-22(29)19-26(21)31/h13-20,25,29-31H,3-12H2,1-2H3. The van der Waals surface area contributed by atoms with E-state index in [0.717, 1.165) is 19.3 Å². The van der Waals surface area contributed by atoms with Crippen molar-refractivity contribution in [3.05, 3.63) is 53.6 Å². The quantitative estimate of drug-likeness (QED) is 0.153. The zero-order valence-corrected chi connectivity index (χ0v) is 20.3. The first-order chi connectivity index (χ1) is 16.4. The van der Waals surface area contributed by atoms with Crippen LogP contribution in [0.4, 0.5) is 0 Å². The molecule has 2 rings (SSSR count). The average Bonchev–Trinajstić information content (AvgIpc) is 2.82. The molecule has 6 heteroatoms. The van der Waals surface area contributed by atoms with Crippen LogP contribution in [0.25, 0.3) is 6.08 Å². The summed E-state index contributed by atoms with van der Waals surface area (Å²) in [5, 5.41) is 29.8. The Balaban J connectivity index is 1.82. The minimum Gasteiger partial charge on any atom is -0.508 e. The average molecular weight is 471 g/mol. The van der Waals surface area contributed by atoms with Crippen molar-refractivity contribution in [2.24, 2.45) is 0 Å². The van der Waals surface area contributed by atoms with Crippen molar-refractivity contribution in [3.8, 4) is 23.0 Å². The van der Waals surface area contributed by atoms with Gasteiger partial charge >= 0.3 is 5.97 Å². The Morgan fingerprint density at radius 1 is 0.941 bits per heavy atom. The molecule has 186 valence electrons. The third-order valence-electron chi connectivity index (χ3n) is 5.71. The van der Waals surface area contributed by atoms with Gasteiger partial charge in [0.05, 0.1) is 7.11 Å². The normalized spacial score (nSPS) is 12.1. The Morgan fingerprint density at radius 2 is 1.62 bits per heavy atom. The Morgan fingerprint density at radius 3 is 2.26 bits per heavy atom. The highest BCUT2D eigenvalue weighted by molar-refractivity contribution is 5.72. The minimum absolute atomic E-state index is 0.0418. The summed E-state index contributed by atoms with van der Waals surface area (Å²) in [6.07, 6.45) is 13.1. The molecular formula is C28H38O6. The Labute approximate surface area is 202 Å². The second-order valence-electron chi connectivity index (χ2n) is 8.50. The molecule has 1 atom stereocenters. The summed E-state index contributed by atoms with van der Waals surface area (Å²) in [5.74, 6) is 0.347. The second kappa shape index (κ2) is 15.0. The van der Waals surface area contributed by atoms with Crippen molar-refractivity contribution in [2.45, 2.75) is 77.2 Å². The summed E-state index contributed by atoms with van der Waals surface area (Å²) in [5.41, 5.74) is 0.952. The number of aliphatic hydroxyl groups excluding tert-OH is 1. The zero-order valence-electron chi connectivity index (χ0n) is 20.3. The Bertz CT molecular complexity index is 921. The van der Waals surface area contributed by atoms with Crippen LogP contribution in [0.3, 0.4) is 0 Å². The van der Waals surface area contributed by atoms with Crippen LogP contribution < -0.4 is 9.47 Å². The van der Waals surface area contributed by atoms with Crippen LogP contribution in [-0.2, 0) is 4.79 Å². The zero-order chi connectivity index (χ0) is 24.8. The van der Waals surface area contributed by atoms with Gasteiger partial charge in [-0.05, 0) is 30.7 Å². The smallest absolute Gasteiger partial charge is 0.311 e. The number of hydrogen-bond donors (Lipinski definition) is 3. The Hall–Kier alpha value is -2.99. The fraction of sp³-hybridized carbons (Fsp3) is 0.464. The van der Waals surface area contributed by atoms with E-state index in [2.05, 4.69) is 6.92 Å². The molecule has 2 aromatic rings. The van der Waals surface area contributed by atoms with Gasteiger partial charge in [0.1, 0.15) is 29.1 Å². The van der Waals surface area contributed by atoms with Gasteiger partial charge in [0.25, 0.3) is 0 Å². The number of phenolic OH excluding ortho intramolecular Hbond substituents is 2. The number of esters is 1. The number of aromatic hydroxyl groups is 2. The van der Waals surface area contributed by atoms with Gasteiger partial charge in [0.15, 0.2) is 0 Å². The van der Waals surface area contributed by atoms with Crippen LogP contribution in [0.5, 0.6) is 23.0 Å². The van der Waals surface area contributed by atoms with E-state index < -0.39 is 6.10 Å². The number of methoxy groups -OCH3 is 1. The maximum Gasteiger partial charge on any atom is 0.311 e. The lowest BCUT2D eigenvalue weighted by Crippen LogP contribution is -2.08. The number of phenols is 2. The number of hydrogen-bond acceptors (Lipinski definition) is 6. The molecule has 34 heavy (non-hydrogen) atoms. The molecule has 0 aromatic heterocycles. The van der Waals surface area contributed by atoms with Gasteiger partial charge < -0.3 is 24.8 Å². The summed E-state index contributed by atoms with van der Waals surface area (Å²) < 4.78 is 10.8. The number of benzene rings is 2. The number of carbonyl (C=O) groups excluding carboxylic acids is 1. The molecule has 0 heterocycles. The molecule has 3 N–H and O–H groups in total. The van der Waals surface area contributed by atoms with Gasteiger partial charge in [-0.3, -0.25) is 4.79 Å². The lowest BCUT2D eigenvalue weighted by Gasteiger charge is -2.13. The minimum atomic E-state index is -1.00. The van der Waals surface area contributed by atoms with Crippen LogP contribution in [0, 0.1) is 0 Å². The summed E-state index contributed by atoms with van der Waals surface area (Å²) in [6.45, 7) is 2.22. The van der Waals surface area contributed by atoms with E-state index in [9.17, 15) is 20.1 Å². The number of aliphatic hydroxyl groups is 1. The maximum absolute atomic E-state index is 12.2. The van der Waals surface area contributed by atoms with E-state index in [1.165, 1.54) is 63.8 Å². The molecule has 0 aliphatic rings. The van der Waals surface area contributed by atoms with Gasteiger partial charge in [0, 0.05) is 29.7 Å². The van der Waals surface area contributed by atoms with E-state index >= 15 is 0 Å². The fourth-order valence-electron chi connectivity index (χ4n) is 3.73. The first-order valence-corrected chi connectivity index (χ1v) is 12.2. The summed E-state index contributed by atoms with van der Waals surface area (Å²) >= 11 is 0. The third kappa shape index (κ3) is 9.48. The first kappa shape index (κ1) is 27.3. The highest BCUT2D eigenvalue weighted by Gasteiger charge is 2.14. The number of carbonyl (C=O) groups is 1. The van der Waals surface area contributed by atoms with Gasteiger partial charge in [-0.1, -0.05) is 70.4 Å². The van der Waals surface area contributed by atoms with E-state index in [1.807, 2.05) is 0 Å². The summed E-state index contributed by atoms with van der Waals surface area (Å²) in [7, 11) is 1.48. The molecule has 0 fully saturated rings.